The third kappa shape index (κ3) is 5.42. The van der Waals surface area contributed by atoms with Gasteiger partial charge in [0.15, 0.2) is 0 Å². The van der Waals surface area contributed by atoms with Gasteiger partial charge in [-0.05, 0) is 49.9 Å². The molecule has 2 aliphatic rings. The lowest BCUT2D eigenvalue weighted by Gasteiger charge is -2.27. The fourth-order valence-corrected chi connectivity index (χ4v) is 5.32. The molecule has 0 unspecified atom stereocenters. The molecule has 3 rings (SSSR count). The number of amides is 1. The molecule has 0 spiro atoms. The molecule has 1 N–H and O–H groups in total. The highest BCUT2D eigenvalue weighted by Crippen LogP contribution is 2.23. The highest BCUT2D eigenvalue weighted by Gasteiger charge is 2.39. The zero-order valence-corrected chi connectivity index (χ0v) is 16.2. The maximum atomic E-state index is 12.9. The Hall–Kier alpha value is -1.67. The Labute approximate surface area is 160 Å². The lowest BCUT2D eigenvalue weighted by atomic mass is 9.95. The zero-order valence-electron chi connectivity index (χ0n) is 15.4. The van der Waals surface area contributed by atoms with Gasteiger partial charge in [-0.1, -0.05) is 19.3 Å². The van der Waals surface area contributed by atoms with Gasteiger partial charge in [-0.2, -0.15) is 4.31 Å². The van der Waals surface area contributed by atoms with E-state index < -0.39 is 16.1 Å². The summed E-state index contributed by atoms with van der Waals surface area (Å²) in [6.45, 7) is 0.322. The topological polar surface area (TPSA) is 75.7 Å². The van der Waals surface area contributed by atoms with Gasteiger partial charge in [0.05, 0.1) is 5.75 Å². The fourth-order valence-electron chi connectivity index (χ4n) is 3.79. The van der Waals surface area contributed by atoms with Crippen LogP contribution in [0.4, 0.5) is 4.39 Å². The predicted octanol–water partition coefficient (Wildman–Crippen LogP) is 2.45. The van der Waals surface area contributed by atoms with Crippen LogP contribution in [0.5, 0.6) is 5.75 Å². The number of sulfonamides is 1. The number of benzene rings is 1. The summed E-state index contributed by atoms with van der Waals surface area (Å²) in [6, 6.07) is 4.98. The summed E-state index contributed by atoms with van der Waals surface area (Å²) in [5.41, 5.74) is 0. The van der Waals surface area contributed by atoms with Crippen LogP contribution in [-0.4, -0.2) is 49.6 Å². The minimum absolute atomic E-state index is 0.0402. The van der Waals surface area contributed by atoms with Crippen molar-refractivity contribution in [3.8, 4) is 5.75 Å². The highest BCUT2D eigenvalue weighted by molar-refractivity contribution is 7.89. The first-order valence-corrected chi connectivity index (χ1v) is 11.2. The van der Waals surface area contributed by atoms with Gasteiger partial charge in [-0.15, -0.1) is 0 Å². The van der Waals surface area contributed by atoms with Crippen LogP contribution in [0.1, 0.15) is 44.9 Å². The van der Waals surface area contributed by atoms with Gasteiger partial charge in [0.1, 0.15) is 24.2 Å². The van der Waals surface area contributed by atoms with E-state index in [1.54, 1.807) is 0 Å². The summed E-state index contributed by atoms with van der Waals surface area (Å²) in [5.74, 6) is -0.349. The molecule has 1 aromatic carbocycles. The number of nitrogens with one attached hydrogen (secondary N) is 1. The van der Waals surface area contributed by atoms with Gasteiger partial charge in [0, 0.05) is 12.6 Å². The van der Waals surface area contributed by atoms with E-state index in [0.717, 1.165) is 25.7 Å². The highest BCUT2D eigenvalue weighted by atomic mass is 32.2. The van der Waals surface area contributed by atoms with Crippen molar-refractivity contribution in [2.75, 3.05) is 18.9 Å². The van der Waals surface area contributed by atoms with E-state index >= 15 is 0 Å². The Kier molecular flexibility index (Phi) is 6.70. The molecule has 2 fully saturated rings. The summed E-state index contributed by atoms with van der Waals surface area (Å²) in [6.07, 6.45) is 6.59. The summed E-state index contributed by atoms with van der Waals surface area (Å²) in [5, 5.41) is 3.04. The van der Waals surface area contributed by atoms with Crippen molar-refractivity contribution in [3.63, 3.8) is 0 Å². The summed E-state index contributed by atoms with van der Waals surface area (Å²) in [4.78, 5) is 12.6. The van der Waals surface area contributed by atoms with E-state index in [1.807, 2.05) is 0 Å². The molecule has 6 nitrogen and oxygen atoms in total. The second-order valence-electron chi connectivity index (χ2n) is 7.23. The number of hydrogen-bond acceptors (Lipinski definition) is 4. The molecule has 8 heteroatoms. The van der Waals surface area contributed by atoms with Gasteiger partial charge < -0.3 is 10.1 Å². The number of carbonyl (C=O) groups excluding carboxylic acids is 1. The number of carbonyl (C=O) groups is 1. The van der Waals surface area contributed by atoms with E-state index in [0.29, 0.717) is 25.1 Å². The monoisotopic (exact) mass is 398 g/mol. The average molecular weight is 399 g/mol. The van der Waals surface area contributed by atoms with Crippen LogP contribution in [0, 0.1) is 5.82 Å². The molecule has 1 aliphatic carbocycles. The number of nitrogens with zero attached hydrogens (tertiary/aromatic N) is 1. The van der Waals surface area contributed by atoms with Gasteiger partial charge >= 0.3 is 0 Å². The van der Waals surface area contributed by atoms with Gasteiger partial charge in [0.2, 0.25) is 15.9 Å². The second kappa shape index (κ2) is 9.01. The average Bonchev–Trinajstić information content (AvgIpc) is 3.15. The first kappa shape index (κ1) is 20.1. The minimum atomic E-state index is -3.60. The standard InChI is InChI=1S/C19H27FN2O4S/c20-15-8-10-17(11-9-15)26-13-14-27(24,25)22-12-4-7-18(22)19(23)21-16-5-2-1-3-6-16/h8-11,16,18H,1-7,12-14H2,(H,21,23)/t18-/m0/s1. The Bertz CT molecular complexity index is 733. The molecule has 1 aromatic rings. The van der Waals surface area contributed by atoms with Crippen LogP contribution in [0.2, 0.25) is 0 Å². The molecule has 0 aromatic heterocycles. The largest absolute Gasteiger partial charge is 0.492 e. The Balaban J connectivity index is 1.53. The molecular formula is C19H27FN2O4S. The third-order valence-corrected chi connectivity index (χ3v) is 7.07. The summed E-state index contributed by atoms with van der Waals surface area (Å²) in [7, 11) is -3.60. The first-order chi connectivity index (χ1) is 13.0. The Morgan fingerprint density at radius 2 is 1.81 bits per heavy atom. The van der Waals surface area contributed by atoms with Gasteiger partial charge in [-0.3, -0.25) is 4.79 Å². The molecule has 150 valence electrons. The van der Waals surface area contributed by atoms with Crippen molar-refractivity contribution < 1.29 is 22.3 Å². The van der Waals surface area contributed by atoms with E-state index in [1.165, 1.54) is 35.0 Å². The third-order valence-electron chi connectivity index (χ3n) is 5.24. The van der Waals surface area contributed by atoms with Crippen molar-refractivity contribution in [1.29, 1.82) is 0 Å². The van der Waals surface area contributed by atoms with Crippen molar-refractivity contribution >= 4 is 15.9 Å². The van der Waals surface area contributed by atoms with E-state index in [2.05, 4.69) is 5.32 Å². The molecule has 1 amide bonds. The van der Waals surface area contributed by atoms with Crippen molar-refractivity contribution in [1.82, 2.24) is 9.62 Å². The molecule has 27 heavy (non-hydrogen) atoms. The van der Waals surface area contributed by atoms with Crippen LogP contribution in [0.15, 0.2) is 24.3 Å². The fraction of sp³-hybridized carbons (Fsp3) is 0.632. The van der Waals surface area contributed by atoms with Crippen LogP contribution in [0.3, 0.4) is 0 Å². The van der Waals surface area contributed by atoms with Crippen molar-refractivity contribution in [2.45, 2.75) is 57.0 Å². The van der Waals surface area contributed by atoms with Crippen LogP contribution < -0.4 is 10.1 Å². The van der Waals surface area contributed by atoms with Crippen molar-refractivity contribution in [2.24, 2.45) is 0 Å². The smallest absolute Gasteiger partial charge is 0.238 e. The molecule has 1 aliphatic heterocycles. The molecule has 1 saturated carbocycles. The summed E-state index contributed by atoms with van der Waals surface area (Å²) >= 11 is 0. The number of ether oxygens (including phenoxy) is 1. The molecule has 0 radical (unpaired) electrons. The zero-order chi connectivity index (χ0) is 19.3. The summed E-state index contributed by atoms with van der Waals surface area (Å²) < 4.78 is 45.0. The van der Waals surface area contributed by atoms with Gasteiger partial charge in [0.25, 0.3) is 0 Å². The SMILES string of the molecule is O=C(NC1CCCCC1)[C@@H]1CCCN1S(=O)(=O)CCOc1ccc(F)cc1. The second-order valence-corrected chi connectivity index (χ2v) is 9.27. The maximum Gasteiger partial charge on any atom is 0.238 e. The molecular weight excluding hydrogens is 371 g/mol. The first-order valence-electron chi connectivity index (χ1n) is 9.64. The predicted molar refractivity (Wildman–Crippen MR) is 100 cm³/mol. The van der Waals surface area contributed by atoms with Crippen molar-refractivity contribution in [3.05, 3.63) is 30.1 Å². The Morgan fingerprint density at radius 1 is 1.11 bits per heavy atom. The maximum absolute atomic E-state index is 12.9. The molecule has 0 bridgehead atoms. The number of hydrogen-bond donors (Lipinski definition) is 1. The van der Waals surface area contributed by atoms with Crippen LogP contribution in [0.25, 0.3) is 0 Å². The molecule has 1 heterocycles. The lowest BCUT2D eigenvalue weighted by molar-refractivity contribution is -0.125. The Morgan fingerprint density at radius 3 is 2.52 bits per heavy atom. The quantitative estimate of drug-likeness (QED) is 0.766. The minimum Gasteiger partial charge on any atom is -0.492 e. The number of halogens is 1. The van der Waals surface area contributed by atoms with E-state index in [-0.39, 0.29) is 30.1 Å². The van der Waals surface area contributed by atoms with E-state index in [9.17, 15) is 17.6 Å². The van der Waals surface area contributed by atoms with Gasteiger partial charge in [-0.25, -0.2) is 12.8 Å². The van der Waals surface area contributed by atoms with E-state index in [4.69, 9.17) is 4.74 Å². The molecule has 1 saturated heterocycles. The lowest BCUT2D eigenvalue weighted by Crippen LogP contribution is -2.49. The molecule has 1 atom stereocenters. The number of rotatable bonds is 7. The van der Waals surface area contributed by atoms with Crippen LogP contribution >= 0.6 is 0 Å². The van der Waals surface area contributed by atoms with Crippen LogP contribution in [-0.2, 0) is 14.8 Å². The normalized spacial score (nSPS) is 21.9.